The molecule has 0 radical (unpaired) electrons. The molecule has 1 unspecified atom stereocenters. The highest BCUT2D eigenvalue weighted by molar-refractivity contribution is 5.91. The Bertz CT molecular complexity index is 601. The lowest BCUT2D eigenvalue weighted by Crippen LogP contribution is -3.10. The molecule has 0 fully saturated rings. The minimum absolute atomic E-state index is 0.124. The third kappa shape index (κ3) is 4.39. The van der Waals surface area contributed by atoms with Crippen molar-refractivity contribution >= 4 is 11.6 Å². The largest absolute Gasteiger partial charge is 0.324 e. The van der Waals surface area contributed by atoms with E-state index in [0.29, 0.717) is 12.2 Å². The van der Waals surface area contributed by atoms with Crippen LogP contribution in [0, 0.1) is 5.82 Å². The average molecular weight is 287 g/mol. The molecule has 21 heavy (non-hydrogen) atoms. The predicted molar refractivity (Wildman–Crippen MR) is 81.6 cm³/mol. The summed E-state index contributed by atoms with van der Waals surface area (Å²) in [5.74, 6) is -0.480. The number of benzene rings is 2. The predicted octanol–water partition coefficient (Wildman–Crippen LogP) is 2.04. The van der Waals surface area contributed by atoms with E-state index >= 15 is 0 Å². The van der Waals surface area contributed by atoms with Gasteiger partial charge in [0, 0.05) is 11.3 Å². The first kappa shape index (κ1) is 15.2. The van der Waals surface area contributed by atoms with Crippen LogP contribution in [-0.2, 0) is 4.79 Å². The van der Waals surface area contributed by atoms with Gasteiger partial charge in [0.25, 0.3) is 5.91 Å². The van der Waals surface area contributed by atoms with Crippen molar-refractivity contribution in [3.05, 3.63) is 66.0 Å². The normalized spacial score (nSPS) is 13.5. The van der Waals surface area contributed by atoms with Gasteiger partial charge in [0.1, 0.15) is 11.9 Å². The summed E-state index contributed by atoms with van der Waals surface area (Å²) in [6, 6.07) is 16.2. The number of hydrogen-bond donors (Lipinski definition) is 2. The van der Waals surface area contributed by atoms with Crippen molar-refractivity contribution in [3.63, 3.8) is 0 Å². The van der Waals surface area contributed by atoms with Crippen LogP contribution in [0.2, 0.25) is 0 Å². The van der Waals surface area contributed by atoms with Gasteiger partial charge >= 0.3 is 0 Å². The second-order valence-corrected chi connectivity index (χ2v) is 5.21. The summed E-state index contributed by atoms with van der Waals surface area (Å²) in [7, 11) is 1.98. The first-order valence-electron chi connectivity index (χ1n) is 6.99. The number of quaternary nitrogens is 1. The van der Waals surface area contributed by atoms with E-state index in [-0.39, 0.29) is 17.8 Å². The second-order valence-electron chi connectivity index (χ2n) is 5.21. The molecule has 1 amide bonds. The number of nitrogens with one attached hydrogen (secondary N) is 2. The molecular formula is C17H20FN2O+. The van der Waals surface area contributed by atoms with E-state index in [1.165, 1.54) is 17.7 Å². The van der Waals surface area contributed by atoms with Crippen LogP contribution in [0.4, 0.5) is 10.1 Å². The number of halogens is 1. The Kier molecular flexibility index (Phi) is 5.06. The average Bonchev–Trinajstić information content (AvgIpc) is 2.47. The first-order valence-corrected chi connectivity index (χ1v) is 6.99. The highest BCUT2D eigenvalue weighted by Gasteiger charge is 2.18. The van der Waals surface area contributed by atoms with Crippen molar-refractivity contribution in [1.82, 2.24) is 0 Å². The molecule has 0 heterocycles. The van der Waals surface area contributed by atoms with Crippen LogP contribution in [-0.4, -0.2) is 19.5 Å². The minimum atomic E-state index is -0.355. The first-order chi connectivity index (χ1) is 10.1. The SMILES string of the molecule is C[C@@H](c1ccccc1)[NH+](C)CC(=O)Nc1cccc(F)c1. The molecule has 110 valence electrons. The third-order valence-corrected chi connectivity index (χ3v) is 3.59. The molecule has 0 aliphatic carbocycles. The molecule has 0 saturated heterocycles. The lowest BCUT2D eigenvalue weighted by Gasteiger charge is -2.21. The Morgan fingerprint density at radius 2 is 1.90 bits per heavy atom. The van der Waals surface area contributed by atoms with Crippen molar-refractivity contribution in [1.29, 1.82) is 0 Å². The van der Waals surface area contributed by atoms with Crippen LogP contribution in [0.1, 0.15) is 18.5 Å². The maximum absolute atomic E-state index is 13.1. The highest BCUT2D eigenvalue weighted by atomic mass is 19.1. The van der Waals surface area contributed by atoms with Gasteiger partial charge in [0.2, 0.25) is 0 Å². The van der Waals surface area contributed by atoms with Gasteiger partial charge in [-0.1, -0.05) is 36.4 Å². The Balaban J connectivity index is 1.93. The lowest BCUT2D eigenvalue weighted by molar-refractivity contribution is -0.902. The lowest BCUT2D eigenvalue weighted by atomic mass is 10.1. The van der Waals surface area contributed by atoms with Gasteiger partial charge in [-0.05, 0) is 25.1 Å². The van der Waals surface area contributed by atoms with Crippen molar-refractivity contribution in [2.75, 3.05) is 18.9 Å². The van der Waals surface area contributed by atoms with E-state index < -0.39 is 0 Å². The summed E-state index contributed by atoms with van der Waals surface area (Å²) in [5.41, 5.74) is 1.67. The molecule has 2 atom stereocenters. The molecule has 0 saturated carbocycles. The molecule has 0 aromatic heterocycles. The molecule has 3 nitrogen and oxygen atoms in total. The zero-order valence-electron chi connectivity index (χ0n) is 12.3. The fourth-order valence-electron chi connectivity index (χ4n) is 2.20. The van der Waals surface area contributed by atoms with Crippen molar-refractivity contribution in [2.24, 2.45) is 0 Å². The smallest absolute Gasteiger partial charge is 0.279 e. The van der Waals surface area contributed by atoms with Crippen LogP contribution in [0.3, 0.4) is 0 Å². The quantitative estimate of drug-likeness (QED) is 0.867. The van der Waals surface area contributed by atoms with E-state index in [2.05, 4.69) is 24.4 Å². The van der Waals surface area contributed by atoms with E-state index in [9.17, 15) is 9.18 Å². The van der Waals surface area contributed by atoms with Gasteiger partial charge in [0.15, 0.2) is 6.54 Å². The van der Waals surface area contributed by atoms with Gasteiger partial charge in [-0.25, -0.2) is 4.39 Å². The molecule has 0 bridgehead atoms. The van der Waals surface area contributed by atoms with Crippen LogP contribution < -0.4 is 10.2 Å². The van der Waals surface area contributed by atoms with Gasteiger partial charge in [-0.2, -0.15) is 0 Å². The Morgan fingerprint density at radius 1 is 1.19 bits per heavy atom. The molecule has 2 N–H and O–H groups in total. The van der Waals surface area contributed by atoms with Crippen molar-refractivity contribution in [3.8, 4) is 0 Å². The summed E-state index contributed by atoms with van der Waals surface area (Å²) in [6.45, 7) is 2.41. The highest BCUT2D eigenvalue weighted by Crippen LogP contribution is 2.09. The third-order valence-electron chi connectivity index (χ3n) is 3.59. The van der Waals surface area contributed by atoms with Gasteiger partial charge in [-0.15, -0.1) is 0 Å². The van der Waals surface area contributed by atoms with Crippen LogP contribution in [0.25, 0.3) is 0 Å². The zero-order valence-corrected chi connectivity index (χ0v) is 12.3. The number of amides is 1. The maximum Gasteiger partial charge on any atom is 0.279 e. The molecule has 2 rings (SSSR count). The number of likely N-dealkylation sites (N-methyl/N-ethyl adjacent to an activating group) is 1. The molecule has 2 aromatic rings. The fraction of sp³-hybridized carbons (Fsp3) is 0.235. The fourth-order valence-corrected chi connectivity index (χ4v) is 2.20. The number of rotatable bonds is 5. The molecule has 0 aliphatic rings. The van der Waals surface area contributed by atoms with Crippen LogP contribution >= 0.6 is 0 Å². The summed E-state index contributed by atoms with van der Waals surface area (Å²) >= 11 is 0. The summed E-state index contributed by atoms with van der Waals surface area (Å²) < 4.78 is 13.1. The van der Waals surface area contributed by atoms with E-state index in [0.717, 1.165) is 4.90 Å². The Morgan fingerprint density at radius 3 is 2.57 bits per heavy atom. The molecule has 0 spiro atoms. The molecule has 4 heteroatoms. The molecular weight excluding hydrogens is 267 g/mol. The van der Waals surface area contributed by atoms with Crippen LogP contribution in [0.15, 0.2) is 54.6 Å². The van der Waals surface area contributed by atoms with E-state index in [4.69, 9.17) is 0 Å². The van der Waals surface area contributed by atoms with Gasteiger partial charge in [0.05, 0.1) is 7.05 Å². The van der Waals surface area contributed by atoms with Gasteiger partial charge in [-0.3, -0.25) is 4.79 Å². The Hall–Kier alpha value is -2.20. The van der Waals surface area contributed by atoms with Crippen molar-refractivity contribution < 1.29 is 14.1 Å². The topological polar surface area (TPSA) is 33.5 Å². The maximum atomic E-state index is 13.1. The summed E-state index contributed by atoms with van der Waals surface area (Å²) in [5, 5.41) is 2.72. The summed E-state index contributed by atoms with van der Waals surface area (Å²) in [4.78, 5) is 13.1. The standard InChI is InChI=1S/C17H19FN2O/c1-13(14-7-4-3-5-8-14)20(2)12-17(21)19-16-10-6-9-15(18)11-16/h3-11,13H,12H2,1-2H3,(H,19,21)/p+1/t13-/m0/s1. The molecule has 0 aliphatic heterocycles. The summed E-state index contributed by atoms with van der Waals surface area (Å²) in [6.07, 6.45) is 0. The van der Waals surface area contributed by atoms with Gasteiger partial charge < -0.3 is 10.2 Å². The number of carbonyl (C=O) groups is 1. The second kappa shape index (κ2) is 6.99. The van der Waals surface area contributed by atoms with Crippen LogP contribution in [0.5, 0.6) is 0 Å². The Labute approximate surface area is 124 Å². The number of hydrogen-bond acceptors (Lipinski definition) is 1. The zero-order chi connectivity index (χ0) is 15.2. The number of anilines is 1. The molecule has 2 aromatic carbocycles. The van der Waals surface area contributed by atoms with E-state index in [1.54, 1.807) is 12.1 Å². The number of carbonyl (C=O) groups excluding carboxylic acids is 1. The van der Waals surface area contributed by atoms with Crippen molar-refractivity contribution in [2.45, 2.75) is 13.0 Å². The van der Waals surface area contributed by atoms with E-state index in [1.807, 2.05) is 25.2 Å². The monoisotopic (exact) mass is 287 g/mol. The minimum Gasteiger partial charge on any atom is -0.324 e.